The highest BCUT2D eigenvalue weighted by Gasteiger charge is 2.60. The van der Waals surface area contributed by atoms with Crippen molar-refractivity contribution in [3.8, 4) is 0 Å². The molecule has 1 aromatic heterocycles. The van der Waals surface area contributed by atoms with E-state index in [0.29, 0.717) is 4.57 Å². The fourth-order valence-corrected chi connectivity index (χ4v) is 2.39. The largest absolute Gasteiger partial charge is 0.469 e. The SMILES string of the molecule is O=C(O)Nc1ccn(C2OC(COP(=O)(O)O)C(O)C2(F)F)c(=O)n1. The number of aliphatic hydroxyl groups is 1. The Kier molecular flexibility index (Phi) is 5.22. The topological polar surface area (TPSA) is 180 Å². The van der Waals surface area contributed by atoms with Crippen LogP contribution in [0.2, 0.25) is 0 Å². The third-order valence-electron chi connectivity index (χ3n) is 3.10. The molecule has 12 nitrogen and oxygen atoms in total. The van der Waals surface area contributed by atoms with Gasteiger partial charge in [-0.15, -0.1) is 0 Å². The Morgan fingerprint density at radius 1 is 1.52 bits per heavy atom. The zero-order valence-corrected chi connectivity index (χ0v) is 12.9. The first kappa shape index (κ1) is 19.4. The summed E-state index contributed by atoms with van der Waals surface area (Å²) in [5.41, 5.74) is -1.31. The molecular weight excluding hydrogens is 375 g/mol. The summed E-state index contributed by atoms with van der Waals surface area (Å²) < 4.78 is 48.0. The summed E-state index contributed by atoms with van der Waals surface area (Å²) >= 11 is 0. The summed E-state index contributed by atoms with van der Waals surface area (Å²) in [5, 5.41) is 19.8. The van der Waals surface area contributed by atoms with Crippen LogP contribution in [0.1, 0.15) is 6.23 Å². The van der Waals surface area contributed by atoms with Gasteiger partial charge in [-0.25, -0.2) is 14.2 Å². The van der Waals surface area contributed by atoms with Gasteiger partial charge in [0.05, 0.1) is 6.61 Å². The Morgan fingerprint density at radius 3 is 2.68 bits per heavy atom. The van der Waals surface area contributed by atoms with E-state index in [0.717, 1.165) is 12.3 Å². The second-order valence-corrected chi connectivity index (χ2v) is 6.10. The molecule has 1 aromatic rings. The van der Waals surface area contributed by atoms with E-state index in [-0.39, 0.29) is 0 Å². The predicted molar refractivity (Wildman–Crippen MR) is 73.0 cm³/mol. The predicted octanol–water partition coefficient (Wildman–Crippen LogP) is -0.664. The molecular formula is C10H12F2N3O9P. The molecule has 0 aromatic carbocycles. The third-order valence-corrected chi connectivity index (χ3v) is 3.59. The highest BCUT2D eigenvalue weighted by Crippen LogP contribution is 2.44. The smallest absolute Gasteiger partial charge is 0.465 e. The van der Waals surface area contributed by atoms with Gasteiger partial charge in [0.1, 0.15) is 11.9 Å². The molecule has 0 aliphatic carbocycles. The number of aromatic nitrogens is 2. The van der Waals surface area contributed by atoms with Crippen LogP contribution in [0.25, 0.3) is 0 Å². The maximum Gasteiger partial charge on any atom is 0.469 e. The number of ether oxygens (including phenoxy) is 1. The van der Waals surface area contributed by atoms with Gasteiger partial charge in [0.2, 0.25) is 6.23 Å². The molecule has 1 saturated heterocycles. The lowest BCUT2D eigenvalue weighted by atomic mass is 10.1. The molecule has 0 spiro atoms. The Hall–Kier alpha value is -1.96. The van der Waals surface area contributed by atoms with Gasteiger partial charge in [-0.1, -0.05) is 0 Å². The van der Waals surface area contributed by atoms with Crippen molar-refractivity contribution < 1.29 is 47.4 Å². The van der Waals surface area contributed by atoms with E-state index in [1.807, 2.05) is 0 Å². The number of phosphoric ester groups is 1. The van der Waals surface area contributed by atoms with Crippen LogP contribution in [0.3, 0.4) is 0 Å². The Bertz CT molecular complexity index is 766. The van der Waals surface area contributed by atoms with E-state index >= 15 is 0 Å². The van der Waals surface area contributed by atoms with Gasteiger partial charge in [-0.05, 0) is 6.07 Å². The van der Waals surface area contributed by atoms with Gasteiger partial charge in [0, 0.05) is 6.20 Å². The monoisotopic (exact) mass is 387 g/mol. The Morgan fingerprint density at radius 2 is 2.16 bits per heavy atom. The van der Waals surface area contributed by atoms with E-state index < -0.39 is 56.4 Å². The first-order valence-corrected chi connectivity index (χ1v) is 7.95. The Labute approximate surface area is 136 Å². The lowest BCUT2D eigenvalue weighted by molar-refractivity contribution is -0.140. The second kappa shape index (κ2) is 6.74. The average Bonchev–Trinajstić information content (AvgIpc) is 2.67. The van der Waals surface area contributed by atoms with Crippen LogP contribution in [0.15, 0.2) is 17.1 Å². The van der Waals surface area contributed by atoms with Crippen molar-refractivity contribution in [2.75, 3.05) is 11.9 Å². The molecule has 3 unspecified atom stereocenters. The standard InChI is InChI=1S/C10H12F2N3O9P/c11-10(12)6(16)4(3-23-25(20,21)22)24-7(10)15-2-1-5(13-8(15)17)14-9(18)19/h1-2,4,6-7,16H,3H2,(H,18,19)(H,13,14,17)(H2,20,21,22). The van der Waals surface area contributed by atoms with Gasteiger partial charge >= 0.3 is 25.5 Å². The van der Waals surface area contributed by atoms with E-state index in [9.17, 15) is 28.0 Å². The normalized spacial score (nSPS) is 25.7. The molecule has 2 rings (SSSR count). The summed E-state index contributed by atoms with van der Waals surface area (Å²) in [5.74, 6) is -4.44. The molecule has 140 valence electrons. The maximum absolute atomic E-state index is 14.1. The molecule has 0 bridgehead atoms. The summed E-state index contributed by atoms with van der Waals surface area (Å²) in [4.78, 5) is 42.6. The summed E-state index contributed by atoms with van der Waals surface area (Å²) in [6.07, 6.45) is -7.47. The molecule has 1 fully saturated rings. The summed E-state index contributed by atoms with van der Waals surface area (Å²) in [6.45, 7) is -1.06. The number of nitrogens with zero attached hydrogens (tertiary/aromatic N) is 2. The fraction of sp³-hybridized carbons (Fsp3) is 0.500. The summed E-state index contributed by atoms with van der Waals surface area (Å²) in [6, 6.07) is 0.904. The molecule has 0 saturated carbocycles. The van der Waals surface area contributed by atoms with Crippen LogP contribution < -0.4 is 11.0 Å². The number of aliphatic hydroxyl groups excluding tert-OH is 1. The highest BCUT2D eigenvalue weighted by molar-refractivity contribution is 7.46. The van der Waals surface area contributed by atoms with Crippen LogP contribution in [0.4, 0.5) is 19.4 Å². The van der Waals surface area contributed by atoms with Crippen LogP contribution in [-0.2, 0) is 13.8 Å². The number of alkyl halides is 2. The lowest BCUT2D eigenvalue weighted by Crippen LogP contribution is -2.42. The Balaban J connectivity index is 2.25. The first-order chi connectivity index (χ1) is 11.4. The van der Waals surface area contributed by atoms with Gasteiger partial charge in [-0.3, -0.25) is 14.4 Å². The van der Waals surface area contributed by atoms with E-state index in [1.54, 1.807) is 5.32 Å². The van der Waals surface area contributed by atoms with Crippen molar-refractivity contribution >= 4 is 19.7 Å². The number of carbonyl (C=O) groups is 1. The van der Waals surface area contributed by atoms with Crippen molar-refractivity contribution in [3.05, 3.63) is 22.7 Å². The maximum atomic E-state index is 14.1. The van der Waals surface area contributed by atoms with Crippen LogP contribution in [0.5, 0.6) is 0 Å². The number of nitrogens with one attached hydrogen (secondary N) is 1. The van der Waals surface area contributed by atoms with Crippen LogP contribution in [0, 0.1) is 0 Å². The van der Waals surface area contributed by atoms with Gasteiger partial charge in [-0.2, -0.15) is 13.8 Å². The number of halogens is 2. The minimum atomic E-state index is -4.99. The lowest BCUT2D eigenvalue weighted by Gasteiger charge is -2.21. The number of anilines is 1. The minimum absolute atomic E-state index is 0.299. The van der Waals surface area contributed by atoms with E-state index in [2.05, 4.69) is 9.51 Å². The molecule has 2 heterocycles. The van der Waals surface area contributed by atoms with Crippen molar-refractivity contribution in [2.45, 2.75) is 24.4 Å². The van der Waals surface area contributed by atoms with Crippen molar-refractivity contribution in [1.29, 1.82) is 0 Å². The van der Waals surface area contributed by atoms with Gasteiger partial charge < -0.3 is 24.7 Å². The highest BCUT2D eigenvalue weighted by atomic mass is 31.2. The zero-order valence-electron chi connectivity index (χ0n) is 12.0. The molecule has 0 radical (unpaired) electrons. The van der Waals surface area contributed by atoms with Gasteiger partial charge in [0.25, 0.3) is 0 Å². The number of amides is 1. The number of hydrogen-bond acceptors (Lipinski definition) is 7. The van der Waals surface area contributed by atoms with Crippen molar-refractivity contribution in [3.63, 3.8) is 0 Å². The second-order valence-electron chi connectivity index (χ2n) is 4.87. The third kappa shape index (κ3) is 4.36. The summed E-state index contributed by atoms with van der Waals surface area (Å²) in [7, 11) is -4.99. The number of hydrogen-bond donors (Lipinski definition) is 5. The first-order valence-electron chi connectivity index (χ1n) is 6.42. The van der Waals surface area contributed by atoms with Gasteiger partial charge in [0.15, 0.2) is 6.10 Å². The van der Waals surface area contributed by atoms with Crippen molar-refractivity contribution in [2.24, 2.45) is 0 Å². The van der Waals surface area contributed by atoms with E-state index in [4.69, 9.17) is 19.6 Å². The molecule has 1 amide bonds. The average molecular weight is 387 g/mol. The molecule has 25 heavy (non-hydrogen) atoms. The van der Waals surface area contributed by atoms with Crippen LogP contribution in [-0.4, -0.2) is 60.4 Å². The number of rotatable bonds is 5. The molecule has 1 aliphatic heterocycles. The molecule has 5 N–H and O–H groups in total. The quantitative estimate of drug-likeness (QED) is 0.407. The number of phosphoric acid groups is 1. The molecule has 3 atom stereocenters. The van der Waals surface area contributed by atoms with Crippen LogP contribution >= 0.6 is 7.82 Å². The van der Waals surface area contributed by atoms with E-state index in [1.165, 1.54) is 0 Å². The molecule has 15 heteroatoms. The molecule has 1 aliphatic rings. The fourth-order valence-electron chi connectivity index (χ4n) is 2.05. The minimum Gasteiger partial charge on any atom is -0.465 e. The number of carboxylic acid groups (broad SMARTS) is 1. The zero-order chi connectivity index (χ0) is 19.0. The van der Waals surface area contributed by atoms with Crippen molar-refractivity contribution in [1.82, 2.24) is 9.55 Å².